The third kappa shape index (κ3) is 3.40. The quantitative estimate of drug-likeness (QED) is 0.878. The molecule has 0 spiro atoms. The fourth-order valence-electron chi connectivity index (χ4n) is 2.78. The maximum absolute atomic E-state index is 11.3. The summed E-state index contributed by atoms with van der Waals surface area (Å²) in [7, 11) is 0. The van der Waals surface area contributed by atoms with Gasteiger partial charge in [-0.25, -0.2) is 4.79 Å². The summed E-state index contributed by atoms with van der Waals surface area (Å²) in [6.45, 7) is 2.56. The van der Waals surface area contributed by atoms with E-state index in [0.29, 0.717) is 17.3 Å². The summed E-state index contributed by atoms with van der Waals surface area (Å²) in [6, 6.07) is 11.3. The van der Waals surface area contributed by atoms with Gasteiger partial charge in [0.05, 0.1) is 23.1 Å². The predicted molar refractivity (Wildman–Crippen MR) is 91.4 cm³/mol. The van der Waals surface area contributed by atoms with Crippen molar-refractivity contribution in [1.29, 1.82) is 0 Å². The SMILES string of the molecule is CC(Nc1ccc(Cl)cc1)c1ccc2c(n1)CCCN2C(=O)O. The molecule has 0 saturated carbocycles. The van der Waals surface area contributed by atoms with Crippen LogP contribution in [-0.2, 0) is 6.42 Å². The number of halogens is 1. The molecule has 6 heteroatoms. The maximum Gasteiger partial charge on any atom is 0.411 e. The smallest absolute Gasteiger partial charge is 0.411 e. The molecule has 23 heavy (non-hydrogen) atoms. The lowest BCUT2D eigenvalue weighted by Gasteiger charge is -2.27. The Labute approximate surface area is 139 Å². The maximum atomic E-state index is 11.3. The highest BCUT2D eigenvalue weighted by Gasteiger charge is 2.23. The molecule has 0 aliphatic carbocycles. The number of nitrogens with zero attached hydrogens (tertiary/aromatic N) is 2. The zero-order valence-electron chi connectivity index (χ0n) is 12.8. The zero-order valence-corrected chi connectivity index (χ0v) is 13.5. The molecule has 3 rings (SSSR count). The van der Waals surface area contributed by atoms with Gasteiger partial charge in [-0.3, -0.25) is 9.88 Å². The van der Waals surface area contributed by atoms with E-state index in [1.54, 1.807) is 0 Å². The van der Waals surface area contributed by atoms with Crippen molar-refractivity contribution < 1.29 is 9.90 Å². The largest absolute Gasteiger partial charge is 0.465 e. The second kappa shape index (κ2) is 6.46. The normalized spacial score (nSPS) is 15.0. The first-order valence-electron chi connectivity index (χ1n) is 7.57. The van der Waals surface area contributed by atoms with Gasteiger partial charge < -0.3 is 10.4 Å². The van der Waals surface area contributed by atoms with Crippen molar-refractivity contribution in [3.63, 3.8) is 0 Å². The highest BCUT2D eigenvalue weighted by Crippen LogP contribution is 2.28. The lowest BCUT2D eigenvalue weighted by Crippen LogP contribution is -2.34. The fraction of sp³-hybridized carbons (Fsp3) is 0.294. The minimum absolute atomic E-state index is 0.0154. The van der Waals surface area contributed by atoms with Crippen LogP contribution >= 0.6 is 11.6 Å². The van der Waals surface area contributed by atoms with Crippen molar-refractivity contribution in [2.24, 2.45) is 0 Å². The summed E-state index contributed by atoms with van der Waals surface area (Å²) in [5, 5.41) is 13.3. The van der Waals surface area contributed by atoms with E-state index in [4.69, 9.17) is 11.6 Å². The fourth-order valence-corrected chi connectivity index (χ4v) is 2.90. The van der Waals surface area contributed by atoms with Crippen molar-refractivity contribution in [1.82, 2.24) is 4.98 Å². The molecule has 5 nitrogen and oxygen atoms in total. The molecule has 1 unspecified atom stereocenters. The topological polar surface area (TPSA) is 65.5 Å². The molecule has 1 aliphatic rings. The Kier molecular flexibility index (Phi) is 4.39. The third-order valence-electron chi connectivity index (χ3n) is 3.96. The van der Waals surface area contributed by atoms with E-state index in [-0.39, 0.29) is 6.04 Å². The molecule has 0 saturated heterocycles. The van der Waals surface area contributed by atoms with Gasteiger partial charge in [0.1, 0.15) is 0 Å². The van der Waals surface area contributed by atoms with Crippen LogP contribution in [0.5, 0.6) is 0 Å². The molecule has 0 bridgehead atoms. The Hall–Kier alpha value is -2.27. The van der Waals surface area contributed by atoms with Gasteiger partial charge >= 0.3 is 6.09 Å². The lowest BCUT2D eigenvalue weighted by atomic mass is 10.1. The van der Waals surface area contributed by atoms with Gasteiger partial charge in [0.2, 0.25) is 0 Å². The number of hydrogen-bond donors (Lipinski definition) is 2. The van der Waals surface area contributed by atoms with E-state index in [1.165, 1.54) is 4.90 Å². The number of benzene rings is 1. The van der Waals surface area contributed by atoms with Gasteiger partial charge in [-0.1, -0.05) is 11.6 Å². The molecule has 1 aliphatic heterocycles. The van der Waals surface area contributed by atoms with E-state index in [9.17, 15) is 9.90 Å². The van der Waals surface area contributed by atoms with E-state index in [1.807, 2.05) is 43.3 Å². The summed E-state index contributed by atoms with van der Waals surface area (Å²) < 4.78 is 0. The number of carboxylic acid groups (broad SMARTS) is 1. The molecule has 0 fully saturated rings. The van der Waals surface area contributed by atoms with Gasteiger partial charge in [0.15, 0.2) is 0 Å². The van der Waals surface area contributed by atoms with Crippen LogP contribution in [0.25, 0.3) is 0 Å². The number of aromatic nitrogens is 1. The highest BCUT2D eigenvalue weighted by molar-refractivity contribution is 6.30. The van der Waals surface area contributed by atoms with E-state index in [2.05, 4.69) is 10.3 Å². The lowest BCUT2D eigenvalue weighted by molar-refractivity contribution is 0.201. The van der Waals surface area contributed by atoms with Gasteiger partial charge in [-0.2, -0.15) is 0 Å². The van der Waals surface area contributed by atoms with Crippen LogP contribution in [0.4, 0.5) is 16.2 Å². The Morgan fingerprint density at radius 1 is 1.30 bits per heavy atom. The molecule has 2 heterocycles. The number of anilines is 2. The molecule has 2 aromatic rings. The minimum atomic E-state index is -0.923. The zero-order chi connectivity index (χ0) is 16.4. The van der Waals surface area contributed by atoms with Crippen LogP contribution in [-0.4, -0.2) is 22.7 Å². The molecule has 1 aromatic carbocycles. The van der Waals surface area contributed by atoms with E-state index < -0.39 is 6.09 Å². The number of nitrogens with one attached hydrogen (secondary N) is 1. The van der Waals surface area contributed by atoms with Crippen molar-refractivity contribution >= 4 is 29.1 Å². The highest BCUT2D eigenvalue weighted by atomic mass is 35.5. The first kappa shape index (κ1) is 15.6. The van der Waals surface area contributed by atoms with Gasteiger partial charge in [0.25, 0.3) is 0 Å². The summed E-state index contributed by atoms with van der Waals surface area (Å²) >= 11 is 5.89. The summed E-state index contributed by atoms with van der Waals surface area (Å²) in [4.78, 5) is 17.3. The summed E-state index contributed by atoms with van der Waals surface area (Å²) in [5.74, 6) is 0. The number of aryl methyl sites for hydroxylation is 1. The van der Waals surface area contributed by atoms with Gasteiger partial charge in [-0.05, 0) is 56.2 Å². The Morgan fingerprint density at radius 3 is 2.74 bits per heavy atom. The third-order valence-corrected chi connectivity index (χ3v) is 4.21. The van der Waals surface area contributed by atoms with Crippen LogP contribution < -0.4 is 10.2 Å². The minimum Gasteiger partial charge on any atom is -0.465 e. The molecular formula is C17H18ClN3O2. The van der Waals surface area contributed by atoms with Crippen LogP contribution in [0.1, 0.15) is 30.8 Å². The number of hydrogen-bond acceptors (Lipinski definition) is 3. The molecule has 1 aromatic heterocycles. The van der Waals surface area contributed by atoms with Crippen molar-refractivity contribution in [3.8, 4) is 0 Å². The van der Waals surface area contributed by atoms with Crippen molar-refractivity contribution in [2.45, 2.75) is 25.8 Å². The van der Waals surface area contributed by atoms with Crippen LogP contribution in [0.3, 0.4) is 0 Å². The first-order chi connectivity index (χ1) is 11.0. The van der Waals surface area contributed by atoms with Gasteiger partial charge in [-0.15, -0.1) is 0 Å². The van der Waals surface area contributed by atoms with E-state index >= 15 is 0 Å². The van der Waals surface area contributed by atoms with E-state index in [0.717, 1.165) is 29.9 Å². The molecule has 2 N–H and O–H groups in total. The Balaban J connectivity index is 1.80. The monoisotopic (exact) mass is 331 g/mol. The molecule has 1 amide bonds. The molecule has 1 atom stereocenters. The summed E-state index contributed by atoms with van der Waals surface area (Å²) in [6.07, 6.45) is 0.683. The molecule has 0 radical (unpaired) electrons. The Bertz CT molecular complexity index is 718. The van der Waals surface area contributed by atoms with Gasteiger partial charge in [0, 0.05) is 17.3 Å². The second-order valence-corrected chi connectivity index (χ2v) is 6.05. The number of amides is 1. The predicted octanol–water partition coefficient (Wildman–Crippen LogP) is 4.34. The van der Waals surface area contributed by atoms with Crippen molar-refractivity contribution in [2.75, 3.05) is 16.8 Å². The number of carbonyl (C=O) groups is 1. The average molecular weight is 332 g/mol. The first-order valence-corrected chi connectivity index (χ1v) is 7.95. The molecular weight excluding hydrogens is 314 g/mol. The Morgan fingerprint density at radius 2 is 2.04 bits per heavy atom. The standard InChI is InChI=1S/C17H18ClN3O2/c1-11(19-13-6-4-12(18)5-7-13)14-8-9-16-15(20-14)3-2-10-21(16)17(22)23/h4-9,11,19H,2-3,10H2,1H3,(H,22,23). The number of pyridine rings is 1. The van der Waals surface area contributed by atoms with Crippen LogP contribution in [0, 0.1) is 0 Å². The average Bonchev–Trinajstić information content (AvgIpc) is 2.55. The summed E-state index contributed by atoms with van der Waals surface area (Å²) in [5.41, 5.74) is 3.41. The molecule has 120 valence electrons. The number of fused-ring (bicyclic) bond motifs is 1. The van der Waals surface area contributed by atoms with Crippen molar-refractivity contribution in [3.05, 3.63) is 52.8 Å². The second-order valence-electron chi connectivity index (χ2n) is 5.61. The van der Waals surface area contributed by atoms with Crippen LogP contribution in [0.2, 0.25) is 5.02 Å². The number of rotatable bonds is 3. The van der Waals surface area contributed by atoms with Crippen LogP contribution in [0.15, 0.2) is 36.4 Å².